The highest BCUT2D eigenvalue weighted by atomic mass is 16.1. The van der Waals surface area contributed by atoms with Crippen LogP contribution in [0.25, 0.3) is 0 Å². The Hall–Kier alpha value is -2.63. The molecule has 0 atom stereocenters. The van der Waals surface area contributed by atoms with Gasteiger partial charge in [-0.3, -0.25) is 4.79 Å². The minimum Gasteiger partial charge on any atom is -0.372 e. The van der Waals surface area contributed by atoms with E-state index in [1.807, 2.05) is 13.0 Å². The molecule has 1 aromatic heterocycles. The smallest absolute Gasteiger partial charge is 0.274 e. The molecular weight excluding hydrogens is 362 g/mol. The molecule has 2 N–H and O–H groups in total. The highest BCUT2D eigenvalue weighted by molar-refractivity contribution is 6.03. The van der Waals surface area contributed by atoms with Crippen LogP contribution in [0.1, 0.15) is 68.4 Å². The number of benzene rings is 1. The number of aryl methyl sites for hydroxylation is 1. The summed E-state index contributed by atoms with van der Waals surface area (Å²) in [5, 5.41) is 6.41. The molecule has 1 saturated carbocycles. The van der Waals surface area contributed by atoms with Gasteiger partial charge in [-0.25, -0.2) is 9.97 Å². The number of carbonyl (C=O) groups excluding carboxylic acids is 1. The van der Waals surface area contributed by atoms with E-state index in [0.29, 0.717) is 17.7 Å². The monoisotopic (exact) mass is 395 g/mol. The third kappa shape index (κ3) is 5.68. The minimum atomic E-state index is -0.213. The molecule has 0 radical (unpaired) electrons. The molecule has 1 aromatic carbocycles. The molecule has 0 saturated heterocycles. The summed E-state index contributed by atoms with van der Waals surface area (Å²) in [6.07, 6.45) is 9.00. The van der Waals surface area contributed by atoms with E-state index in [4.69, 9.17) is 0 Å². The van der Waals surface area contributed by atoms with Gasteiger partial charge in [-0.05, 0) is 63.4 Å². The van der Waals surface area contributed by atoms with E-state index in [2.05, 4.69) is 51.5 Å². The lowest BCUT2D eigenvalue weighted by Crippen LogP contribution is -2.22. The molecule has 156 valence electrons. The first-order valence-electron chi connectivity index (χ1n) is 10.9. The molecule has 1 aliphatic rings. The van der Waals surface area contributed by atoms with Gasteiger partial charge >= 0.3 is 0 Å². The number of amides is 1. The van der Waals surface area contributed by atoms with Crippen molar-refractivity contribution in [3.05, 3.63) is 41.7 Å². The van der Waals surface area contributed by atoms with Gasteiger partial charge < -0.3 is 15.5 Å². The molecule has 6 heteroatoms. The summed E-state index contributed by atoms with van der Waals surface area (Å²) in [7, 11) is 0. The third-order valence-corrected chi connectivity index (χ3v) is 5.66. The zero-order valence-electron chi connectivity index (χ0n) is 17.9. The van der Waals surface area contributed by atoms with E-state index in [-0.39, 0.29) is 5.91 Å². The van der Waals surface area contributed by atoms with Gasteiger partial charge in [0.25, 0.3) is 5.91 Å². The third-order valence-electron chi connectivity index (χ3n) is 5.66. The van der Waals surface area contributed by atoms with Crippen LogP contribution in [0.4, 0.5) is 17.3 Å². The van der Waals surface area contributed by atoms with Gasteiger partial charge in [0, 0.05) is 36.7 Å². The number of nitrogens with one attached hydrogen (secondary N) is 2. The topological polar surface area (TPSA) is 70.2 Å². The van der Waals surface area contributed by atoms with Crippen LogP contribution in [-0.4, -0.2) is 35.0 Å². The lowest BCUT2D eigenvalue weighted by Gasteiger charge is -2.22. The maximum absolute atomic E-state index is 12.8. The van der Waals surface area contributed by atoms with E-state index >= 15 is 0 Å². The Labute approximate surface area is 174 Å². The van der Waals surface area contributed by atoms with E-state index in [1.165, 1.54) is 31.4 Å². The summed E-state index contributed by atoms with van der Waals surface area (Å²) in [5.74, 6) is 0.327. The van der Waals surface area contributed by atoms with Crippen molar-refractivity contribution in [3.63, 3.8) is 0 Å². The Morgan fingerprint density at radius 3 is 2.48 bits per heavy atom. The van der Waals surface area contributed by atoms with Crippen LogP contribution in [0.2, 0.25) is 0 Å². The van der Waals surface area contributed by atoms with Crippen LogP contribution in [0.3, 0.4) is 0 Å². The second kappa shape index (κ2) is 10.2. The maximum atomic E-state index is 12.8. The van der Waals surface area contributed by atoms with Crippen molar-refractivity contribution in [2.24, 2.45) is 0 Å². The Bertz CT molecular complexity index is 811. The van der Waals surface area contributed by atoms with Gasteiger partial charge in [-0.1, -0.05) is 25.7 Å². The molecule has 2 aromatic rings. The van der Waals surface area contributed by atoms with Crippen LogP contribution in [0.15, 0.2) is 30.5 Å². The van der Waals surface area contributed by atoms with E-state index in [9.17, 15) is 4.79 Å². The fourth-order valence-electron chi connectivity index (χ4n) is 3.92. The molecule has 6 nitrogen and oxygen atoms in total. The van der Waals surface area contributed by atoms with E-state index in [1.54, 1.807) is 12.3 Å². The lowest BCUT2D eigenvalue weighted by molar-refractivity contribution is 0.102. The molecule has 1 amide bonds. The quantitative estimate of drug-likeness (QED) is 0.644. The predicted octanol–water partition coefficient (Wildman–Crippen LogP) is 5.02. The molecule has 1 aliphatic carbocycles. The average molecular weight is 396 g/mol. The van der Waals surface area contributed by atoms with E-state index in [0.717, 1.165) is 37.2 Å². The molecule has 1 heterocycles. The first kappa shape index (κ1) is 21.1. The van der Waals surface area contributed by atoms with Gasteiger partial charge in [0.1, 0.15) is 5.69 Å². The van der Waals surface area contributed by atoms with Gasteiger partial charge in [-0.15, -0.1) is 0 Å². The van der Waals surface area contributed by atoms with Crippen molar-refractivity contribution in [2.45, 2.75) is 65.3 Å². The highest BCUT2D eigenvalue weighted by Gasteiger charge is 2.15. The summed E-state index contributed by atoms with van der Waals surface area (Å²) in [5.41, 5.74) is 3.39. The van der Waals surface area contributed by atoms with Crippen LogP contribution in [0, 0.1) is 6.92 Å². The summed E-state index contributed by atoms with van der Waals surface area (Å²) >= 11 is 0. The summed E-state index contributed by atoms with van der Waals surface area (Å²) in [4.78, 5) is 23.8. The normalized spacial score (nSPS) is 14.9. The first-order chi connectivity index (χ1) is 14.1. The zero-order chi connectivity index (χ0) is 20.6. The fraction of sp³-hybridized carbons (Fsp3) is 0.522. The predicted molar refractivity (Wildman–Crippen MR) is 120 cm³/mol. The number of anilines is 3. The number of nitrogens with zero attached hydrogens (tertiary/aromatic N) is 3. The SMILES string of the molecule is CCN(CC)c1ccc(NC(=O)c2ccnc(NC3CCCCCC3)n2)c(C)c1. The molecule has 0 spiro atoms. The van der Waals surface area contributed by atoms with Crippen molar-refractivity contribution < 1.29 is 4.79 Å². The number of aromatic nitrogens is 2. The molecule has 0 bridgehead atoms. The van der Waals surface area contributed by atoms with Crippen LogP contribution in [0.5, 0.6) is 0 Å². The Morgan fingerprint density at radius 2 is 1.83 bits per heavy atom. The Morgan fingerprint density at radius 1 is 1.10 bits per heavy atom. The second-order valence-electron chi connectivity index (χ2n) is 7.72. The van der Waals surface area contributed by atoms with Gasteiger partial charge in [-0.2, -0.15) is 0 Å². The van der Waals surface area contributed by atoms with Crippen molar-refractivity contribution in [1.82, 2.24) is 9.97 Å². The molecule has 1 fully saturated rings. The van der Waals surface area contributed by atoms with Gasteiger partial charge in [0.05, 0.1) is 0 Å². The van der Waals surface area contributed by atoms with Crippen molar-refractivity contribution >= 4 is 23.2 Å². The molecular formula is C23H33N5O. The largest absolute Gasteiger partial charge is 0.372 e. The number of rotatable bonds is 7. The highest BCUT2D eigenvalue weighted by Crippen LogP contribution is 2.23. The van der Waals surface area contributed by atoms with Crippen LogP contribution < -0.4 is 15.5 Å². The van der Waals surface area contributed by atoms with Crippen molar-refractivity contribution in [3.8, 4) is 0 Å². The minimum absolute atomic E-state index is 0.213. The molecule has 0 unspecified atom stereocenters. The number of hydrogen-bond donors (Lipinski definition) is 2. The van der Waals surface area contributed by atoms with Crippen molar-refractivity contribution in [2.75, 3.05) is 28.6 Å². The number of hydrogen-bond acceptors (Lipinski definition) is 5. The summed E-state index contributed by atoms with van der Waals surface area (Å²) < 4.78 is 0. The summed E-state index contributed by atoms with van der Waals surface area (Å²) in [6, 6.07) is 8.18. The fourth-order valence-corrected chi connectivity index (χ4v) is 3.92. The molecule has 0 aliphatic heterocycles. The summed E-state index contributed by atoms with van der Waals surface area (Å²) in [6.45, 7) is 8.22. The van der Waals surface area contributed by atoms with Crippen LogP contribution >= 0.6 is 0 Å². The Kier molecular flexibility index (Phi) is 7.44. The first-order valence-corrected chi connectivity index (χ1v) is 10.9. The van der Waals surface area contributed by atoms with Gasteiger partial charge in [0.2, 0.25) is 5.95 Å². The zero-order valence-corrected chi connectivity index (χ0v) is 17.9. The van der Waals surface area contributed by atoms with Gasteiger partial charge in [0.15, 0.2) is 0 Å². The lowest BCUT2D eigenvalue weighted by atomic mass is 10.1. The van der Waals surface area contributed by atoms with Crippen molar-refractivity contribution in [1.29, 1.82) is 0 Å². The molecule has 29 heavy (non-hydrogen) atoms. The molecule has 3 rings (SSSR count). The maximum Gasteiger partial charge on any atom is 0.274 e. The standard InChI is InChI=1S/C23H33N5O/c1-4-28(5-2)19-12-13-20(17(3)16-19)26-22(29)21-14-15-24-23(27-21)25-18-10-8-6-7-9-11-18/h12-16,18H,4-11H2,1-3H3,(H,26,29)(H,24,25,27). The Balaban J connectivity index is 1.67. The van der Waals surface area contributed by atoms with Crippen LogP contribution in [-0.2, 0) is 0 Å². The van der Waals surface area contributed by atoms with E-state index < -0.39 is 0 Å². The second-order valence-corrected chi connectivity index (χ2v) is 7.72. The number of carbonyl (C=O) groups is 1. The average Bonchev–Trinajstić information content (AvgIpc) is 2.99.